The van der Waals surface area contributed by atoms with Gasteiger partial charge in [-0.1, -0.05) is 30.9 Å². The van der Waals surface area contributed by atoms with Crippen molar-refractivity contribution in [3.8, 4) is 0 Å². The molecule has 0 heterocycles. The zero-order valence-electron chi connectivity index (χ0n) is 10.8. The largest absolute Gasteiger partial charge is 0.314 e. The van der Waals surface area contributed by atoms with Crippen LogP contribution in [0.1, 0.15) is 48.9 Å². The molecular formula is C15H20ClNO. The van der Waals surface area contributed by atoms with E-state index in [1.807, 2.05) is 19.2 Å². The van der Waals surface area contributed by atoms with Crippen molar-refractivity contribution in [1.29, 1.82) is 0 Å². The summed E-state index contributed by atoms with van der Waals surface area (Å²) < 4.78 is 0. The quantitative estimate of drug-likeness (QED) is 0.838. The van der Waals surface area contributed by atoms with Gasteiger partial charge in [0, 0.05) is 22.5 Å². The first-order chi connectivity index (χ1) is 8.65. The van der Waals surface area contributed by atoms with Crippen molar-refractivity contribution in [3.05, 3.63) is 34.9 Å². The Balaban J connectivity index is 2.07. The Labute approximate surface area is 114 Å². The van der Waals surface area contributed by atoms with Crippen LogP contribution >= 0.6 is 11.6 Å². The number of ketones is 1. The van der Waals surface area contributed by atoms with Crippen molar-refractivity contribution in [2.75, 3.05) is 7.05 Å². The molecule has 1 aliphatic rings. The molecule has 0 aromatic heterocycles. The molecule has 1 aromatic rings. The van der Waals surface area contributed by atoms with Gasteiger partial charge in [0.15, 0.2) is 5.78 Å². The van der Waals surface area contributed by atoms with E-state index in [4.69, 9.17) is 11.6 Å². The van der Waals surface area contributed by atoms with Gasteiger partial charge < -0.3 is 5.32 Å². The van der Waals surface area contributed by atoms with Crippen LogP contribution in [-0.2, 0) is 0 Å². The number of hydrogen-bond donors (Lipinski definition) is 1. The summed E-state index contributed by atoms with van der Waals surface area (Å²) in [5.74, 6) is 0.211. The minimum absolute atomic E-state index is 0.00890. The summed E-state index contributed by atoms with van der Waals surface area (Å²) in [6.45, 7) is 0. The van der Waals surface area contributed by atoms with E-state index in [0.29, 0.717) is 11.4 Å². The minimum Gasteiger partial charge on any atom is -0.314 e. The third kappa shape index (κ3) is 3.12. The summed E-state index contributed by atoms with van der Waals surface area (Å²) in [7, 11) is 1.97. The van der Waals surface area contributed by atoms with E-state index >= 15 is 0 Å². The second kappa shape index (κ2) is 5.85. The fourth-order valence-corrected chi connectivity index (χ4v) is 2.91. The molecule has 0 unspecified atom stereocenters. The number of Topliss-reactive ketones (excluding diaryl/α,β-unsaturated/α-hetero) is 1. The lowest BCUT2D eigenvalue weighted by atomic mass is 9.77. The maximum Gasteiger partial charge on any atom is 0.164 e. The smallest absolute Gasteiger partial charge is 0.164 e. The average Bonchev–Trinajstić information content (AvgIpc) is 2.40. The Kier molecular flexibility index (Phi) is 4.41. The zero-order valence-corrected chi connectivity index (χ0v) is 11.6. The molecule has 1 N–H and O–H groups in total. The molecular weight excluding hydrogens is 246 g/mol. The van der Waals surface area contributed by atoms with Crippen molar-refractivity contribution < 1.29 is 4.79 Å². The third-order valence-corrected chi connectivity index (χ3v) is 4.26. The van der Waals surface area contributed by atoms with Crippen molar-refractivity contribution >= 4 is 17.4 Å². The summed E-state index contributed by atoms with van der Waals surface area (Å²) >= 11 is 5.84. The summed E-state index contributed by atoms with van der Waals surface area (Å²) in [6.07, 6.45) is 6.51. The predicted molar refractivity (Wildman–Crippen MR) is 75.3 cm³/mol. The highest BCUT2D eigenvalue weighted by Crippen LogP contribution is 2.31. The Hall–Kier alpha value is -0.860. The molecule has 1 aliphatic carbocycles. The normalized spacial score (nSPS) is 18.6. The molecule has 0 aliphatic heterocycles. The molecule has 0 bridgehead atoms. The molecule has 0 atom stereocenters. The molecule has 98 valence electrons. The number of halogens is 1. The van der Waals surface area contributed by atoms with E-state index in [-0.39, 0.29) is 11.3 Å². The van der Waals surface area contributed by atoms with Gasteiger partial charge in [-0.25, -0.2) is 0 Å². The Morgan fingerprint density at radius 3 is 2.39 bits per heavy atom. The lowest BCUT2D eigenvalue weighted by Gasteiger charge is -2.36. The first kappa shape index (κ1) is 13.6. The standard InChI is InChI=1S/C15H20ClNO/c1-17-15(9-3-2-4-10-15)11-14(18)12-5-7-13(16)8-6-12/h5-8,17H,2-4,9-11H2,1H3. The molecule has 2 nitrogen and oxygen atoms in total. The number of carbonyl (C=O) groups excluding carboxylic acids is 1. The molecule has 1 saturated carbocycles. The average molecular weight is 266 g/mol. The van der Waals surface area contributed by atoms with Crippen LogP contribution in [0.4, 0.5) is 0 Å². The van der Waals surface area contributed by atoms with Gasteiger partial charge in [0.1, 0.15) is 0 Å². The molecule has 0 saturated heterocycles. The van der Waals surface area contributed by atoms with E-state index in [2.05, 4.69) is 5.32 Å². The molecule has 0 amide bonds. The number of carbonyl (C=O) groups is 1. The van der Waals surface area contributed by atoms with Crippen LogP contribution in [0.2, 0.25) is 5.02 Å². The molecule has 2 rings (SSSR count). The van der Waals surface area contributed by atoms with Crippen molar-refractivity contribution in [3.63, 3.8) is 0 Å². The van der Waals surface area contributed by atoms with Crippen molar-refractivity contribution in [2.24, 2.45) is 0 Å². The molecule has 3 heteroatoms. The van der Waals surface area contributed by atoms with E-state index in [1.165, 1.54) is 19.3 Å². The Morgan fingerprint density at radius 1 is 1.22 bits per heavy atom. The fraction of sp³-hybridized carbons (Fsp3) is 0.533. The van der Waals surface area contributed by atoms with E-state index in [0.717, 1.165) is 18.4 Å². The molecule has 18 heavy (non-hydrogen) atoms. The zero-order chi connectivity index (χ0) is 13.0. The van der Waals surface area contributed by atoms with Crippen LogP contribution < -0.4 is 5.32 Å². The van der Waals surface area contributed by atoms with Crippen LogP contribution in [0.25, 0.3) is 0 Å². The van der Waals surface area contributed by atoms with E-state index in [1.54, 1.807) is 12.1 Å². The van der Waals surface area contributed by atoms with Gasteiger partial charge in [0.05, 0.1) is 0 Å². The van der Waals surface area contributed by atoms with Gasteiger partial charge in [0.25, 0.3) is 0 Å². The highest BCUT2D eigenvalue weighted by Gasteiger charge is 2.32. The van der Waals surface area contributed by atoms with Crippen LogP contribution in [0, 0.1) is 0 Å². The maximum atomic E-state index is 12.3. The highest BCUT2D eigenvalue weighted by molar-refractivity contribution is 6.30. The summed E-state index contributed by atoms with van der Waals surface area (Å²) in [6, 6.07) is 7.19. The van der Waals surface area contributed by atoms with Gasteiger partial charge in [-0.2, -0.15) is 0 Å². The van der Waals surface area contributed by atoms with E-state index < -0.39 is 0 Å². The van der Waals surface area contributed by atoms with Gasteiger partial charge >= 0.3 is 0 Å². The number of nitrogens with one attached hydrogen (secondary N) is 1. The van der Waals surface area contributed by atoms with E-state index in [9.17, 15) is 4.79 Å². The summed E-state index contributed by atoms with van der Waals surface area (Å²) in [5.41, 5.74) is 0.772. The predicted octanol–water partition coefficient (Wildman–Crippen LogP) is 3.84. The number of hydrogen-bond acceptors (Lipinski definition) is 2. The summed E-state index contributed by atoms with van der Waals surface area (Å²) in [5, 5.41) is 4.06. The third-order valence-electron chi connectivity index (χ3n) is 4.01. The first-order valence-electron chi connectivity index (χ1n) is 6.63. The van der Waals surface area contributed by atoms with Gasteiger partial charge in [-0.3, -0.25) is 4.79 Å². The second-order valence-electron chi connectivity index (χ2n) is 5.20. The lowest BCUT2D eigenvalue weighted by Crippen LogP contribution is -2.46. The molecule has 1 aromatic carbocycles. The Bertz CT molecular complexity index is 407. The molecule has 0 spiro atoms. The minimum atomic E-state index is 0.00890. The van der Waals surface area contributed by atoms with Crippen LogP contribution in [0.3, 0.4) is 0 Å². The van der Waals surface area contributed by atoms with Gasteiger partial charge in [-0.15, -0.1) is 0 Å². The van der Waals surface area contributed by atoms with Crippen LogP contribution in [0.5, 0.6) is 0 Å². The van der Waals surface area contributed by atoms with Crippen molar-refractivity contribution in [1.82, 2.24) is 5.32 Å². The topological polar surface area (TPSA) is 29.1 Å². The Morgan fingerprint density at radius 2 is 1.83 bits per heavy atom. The second-order valence-corrected chi connectivity index (χ2v) is 5.63. The lowest BCUT2D eigenvalue weighted by molar-refractivity contribution is 0.0915. The van der Waals surface area contributed by atoms with Crippen LogP contribution in [0.15, 0.2) is 24.3 Å². The molecule has 0 radical (unpaired) electrons. The highest BCUT2D eigenvalue weighted by atomic mass is 35.5. The monoisotopic (exact) mass is 265 g/mol. The SMILES string of the molecule is CNC1(CC(=O)c2ccc(Cl)cc2)CCCCC1. The summed E-state index contributed by atoms with van der Waals surface area (Å²) in [4.78, 5) is 12.3. The fourth-order valence-electron chi connectivity index (χ4n) is 2.79. The maximum absolute atomic E-state index is 12.3. The van der Waals surface area contributed by atoms with Gasteiger partial charge in [0.2, 0.25) is 0 Å². The van der Waals surface area contributed by atoms with Gasteiger partial charge in [-0.05, 0) is 44.2 Å². The van der Waals surface area contributed by atoms with Crippen molar-refractivity contribution in [2.45, 2.75) is 44.1 Å². The first-order valence-corrected chi connectivity index (χ1v) is 7.01. The number of benzene rings is 1. The number of rotatable bonds is 4. The molecule has 1 fully saturated rings. The van der Waals surface area contributed by atoms with Crippen LogP contribution in [-0.4, -0.2) is 18.4 Å².